The number of hydrogen-bond acceptors (Lipinski definition) is 8. The van der Waals surface area contributed by atoms with Gasteiger partial charge < -0.3 is 19.9 Å². The van der Waals surface area contributed by atoms with Crippen LogP contribution in [-0.4, -0.2) is 82.9 Å². The van der Waals surface area contributed by atoms with Crippen molar-refractivity contribution in [2.24, 2.45) is 0 Å². The molecule has 2 fully saturated rings. The van der Waals surface area contributed by atoms with Crippen LogP contribution in [0.3, 0.4) is 0 Å². The summed E-state index contributed by atoms with van der Waals surface area (Å²) in [5.74, 6) is 0.896. The lowest BCUT2D eigenvalue weighted by Gasteiger charge is -2.34. The number of ether oxygens (including phenoxy) is 2. The van der Waals surface area contributed by atoms with Crippen LogP contribution in [0.15, 0.2) is 60.9 Å². The number of anilines is 2. The molecule has 0 amide bonds. The van der Waals surface area contributed by atoms with Gasteiger partial charge in [-0.2, -0.15) is 0 Å². The molecule has 2 aromatic heterocycles. The number of carboxylic acid groups (broad SMARTS) is 1. The number of nitrogens with one attached hydrogen (secondary N) is 1. The highest BCUT2D eigenvalue weighted by molar-refractivity contribution is 5.91. The summed E-state index contributed by atoms with van der Waals surface area (Å²) in [6, 6.07) is 16.8. The molecule has 2 N–H and O–H groups in total. The van der Waals surface area contributed by atoms with Crippen LogP contribution >= 0.6 is 0 Å². The second kappa shape index (κ2) is 15.0. The predicted molar refractivity (Wildman–Crippen MR) is 182 cm³/mol. The number of carboxylic acids is 1. The van der Waals surface area contributed by atoms with Crippen LogP contribution in [0.5, 0.6) is 5.75 Å². The van der Waals surface area contributed by atoms with Crippen LogP contribution in [0, 0.1) is 13.8 Å². The van der Waals surface area contributed by atoms with E-state index in [4.69, 9.17) is 14.5 Å². The van der Waals surface area contributed by atoms with Crippen LogP contribution in [0.1, 0.15) is 48.8 Å². The fraction of sp³-hybridized carbons (Fsp3) is 0.432. The maximum absolute atomic E-state index is 11.4. The number of rotatable bonds is 12. The van der Waals surface area contributed by atoms with E-state index in [0.717, 1.165) is 115 Å². The Kier molecular flexibility index (Phi) is 10.4. The first-order valence-corrected chi connectivity index (χ1v) is 16.6. The normalized spacial score (nSPS) is 17.7. The van der Waals surface area contributed by atoms with Gasteiger partial charge in [-0.05, 0) is 91.7 Å². The molecular formula is C37H45N5O4. The standard InChI is InChI=1S/C37H45N5O4/c1-26-31(32-10-6-12-34(27(32)2)46-19-7-15-41-17-20-45-21-18-41)9-5-11-33(26)40-37-36-29(13-14-38-37)22-28(24-39-36)25-42-16-4-3-8-30(42)23-35(43)44/h5-6,9-14,22,24,30H,3-4,7-8,15-21,23,25H2,1-2H3,(H,38,40)(H,43,44). The summed E-state index contributed by atoms with van der Waals surface area (Å²) in [5.41, 5.74) is 7.42. The lowest BCUT2D eigenvalue weighted by molar-refractivity contribution is -0.138. The molecule has 2 aliphatic rings. The smallest absolute Gasteiger partial charge is 0.304 e. The van der Waals surface area contributed by atoms with Crippen molar-refractivity contribution in [2.75, 3.05) is 51.3 Å². The number of aliphatic carboxylic acids is 1. The maximum Gasteiger partial charge on any atom is 0.304 e. The SMILES string of the molecule is Cc1c(Nc2nccc3cc(CN4CCCCC4CC(=O)O)cnc23)cccc1-c1cccc(OCCCN2CCOCC2)c1C. The minimum atomic E-state index is -0.735. The minimum Gasteiger partial charge on any atom is -0.493 e. The van der Waals surface area contributed by atoms with Crippen LogP contribution < -0.4 is 10.1 Å². The molecule has 0 radical (unpaired) electrons. The van der Waals surface area contributed by atoms with Gasteiger partial charge in [-0.1, -0.05) is 30.7 Å². The zero-order chi connectivity index (χ0) is 31.9. The number of morpholine rings is 1. The Labute approximate surface area is 271 Å². The topological polar surface area (TPSA) is 100 Å². The molecule has 242 valence electrons. The van der Waals surface area contributed by atoms with Gasteiger partial charge in [-0.15, -0.1) is 0 Å². The average molecular weight is 624 g/mol. The third-order valence-corrected chi connectivity index (χ3v) is 9.34. The molecule has 1 atom stereocenters. The van der Waals surface area contributed by atoms with Gasteiger partial charge in [0, 0.05) is 55.7 Å². The Morgan fingerprint density at radius 3 is 2.65 bits per heavy atom. The maximum atomic E-state index is 11.4. The number of hydrogen-bond donors (Lipinski definition) is 2. The molecule has 0 spiro atoms. The number of likely N-dealkylation sites (tertiary alicyclic amines) is 1. The van der Waals surface area contributed by atoms with Crippen molar-refractivity contribution >= 4 is 28.4 Å². The van der Waals surface area contributed by atoms with E-state index in [1.807, 2.05) is 18.5 Å². The summed E-state index contributed by atoms with van der Waals surface area (Å²) in [5, 5.41) is 14.0. The van der Waals surface area contributed by atoms with Gasteiger partial charge in [-0.3, -0.25) is 19.6 Å². The fourth-order valence-electron chi connectivity index (χ4n) is 6.77. The minimum absolute atomic E-state index is 0.0723. The Morgan fingerprint density at radius 1 is 1.02 bits per heavy atom. The zero-order valence-electron chi connectivity index (χ0n) is 27.0. The molecule has 2 aliphatic heterocycles. The molecule has 2 aromatic carbocycles. The second-order valence-corrected chi connectivity index (χ2v) is 12.5. The lowest BCUT2D eigenvalue weighted by Crippen LogP contribution is -2.40. The monoisotopic (exact) mass is 623 g/mol. The number of pyridine rings is 2. The molecule has 4 aromatic rings. The summed E-state index contributed by atoms with van der Waals surface area (Å²) >= 11 is 0. The number of carbonyl (C=O) groups is 1. The van der Waals surface area contributed by atoms with Crippen molar-refractivity contribution in [1.82, 2.24) is 19.8 Å². The van der Waals surface area contributed by atoms with Crippen molar-refractivity contribution in [1.29, 1.82) is 0 Å². The largest absolute Gasteiger partial charge is 0.493 e. The van der Waals surface area contributed by atoms with Gasteiger partial charge in [-0.25, -0.2) is 4.98 Å². The Bertz CT molecular complexity index is 1650. The highest BCUT2D eigenvalue weighted by Gasteiger charge is 2.25. The van der Waals surface area contributed by atoms with E-state index in [1.54, 1.807) is 0 Å². The molecule has 0 bridgehead atoms. The van der Waals surface area contributed by atoms with Gasteiger partial charge in [0.1, 0.15) is 11.3 Å². The summed E-state index contributed by atoms with van der Waals surface area (Å²) in [6.07, 6.45) is 7.99. The van der Waals surface area contributed by atoms with E-state index in [2.05, 4.69) is 76.4 Å². The molecule has 4 heterocycles. The quantitative estimate of drug-likeness (QED) is 0.169. The van der Waals surface area contributed by atoms with Crippen LogP contribution in [0.4, 0.5) is 11.5 Å². The predicted octanol–water partition coefficient (Wildman–Crippen LogP) is 6.59. The van der Waals surface area contributed by atoms with E-state index in [9.17, 15) is 9.90 Å². The van der Waals surface area contributed by atoms with Gasteiger partial charge in [0.25, 0.3) is 0 Å². The molecule has 9 nitrogen and oxygen atoms in total. The van der Waals surface area contributed by atoms with Crippen molar-refractivity contribution in [3.8, 4) is 16.9 Å². The Balaban J connectivity index is 1.16. The van der Waals surface area contributed by atoms with Gasteiger partial charge in [0.15, 0.2) is 5.82 Å². The van der Waals surface area contributed by atoms with E-state index in [-0.39, 0.29) is 12.5 Å². The fourth-order valence-corrected chi connectivity index (χ4v) is 6.77. The van der Waals surface area contributed by atoms with Crippen molar-refractivity contribution in [3.63, 3.8) is 0 Å². The number of fused-ring (bicyclic) bond motifs is 1. The molecule has 6 rings (SSSR count). The van der Waals surface area contributed by atoms with Crippen LogP contribution in [-0.2, 0) is 16.1 Å². The second-order valence-electron chi connectivity index (χ2n) is 12.5. The van der Waals surface area contributed by atoms with Gasteiger partial charge >= 0.3 is 5.97 Å². The van der Waals surface area contributed by atoms with Gasteiger partial charge in [0.05, 0.1) is 26.2 Å². The first-order valence-electron chi connectivity index (χ1n) is 16.6. The third kappa shape index (κ3) is 7.66. The molecule has 0 aliphatic carbocycles. The first kappa shape index (κ1) is 31.9. The summed E-state index contributed by atoms with van der Waals surface area (Å²) in [7, 11) is 0. The number of benzene rings is 2. The number of piperidine rings is 1. The molecule has 1 unspecified atom stereocenters. The van der Waals surface area contributed by atoms with Gasteiger partial charge in [0.2, 0.25) is 0 Å². The molecule has 2 saturated heterocycles. The van der Waals surface area contributed by atoms with E-state index < -0.39 is 5.97 Å². The molecule has 9 heteroatoms. The average Bonchev–Trinajstić information content (AvgIpc) is 3.06. The molecule has 0 saturated carbocycles. The molecular weight excluding hydrogens is 578 g/mol. The first-order chi connectivity index (χ1) is 22.5. The third-order valence-electron chi connectivity index (χ3n) is 9.34. The highest BCUT2D eigenvalue weighted by Crippen LogP contribution is 2.36. The highest BCUT2D eigenvalue weighted by atomic mass is 16.5. The Morgan fingerprint density at radius 2 is 1.83 bits per heavy atom. The number of aromatic nitrogens is 2. The summed E-state index contributed by atoms with van der Waals surface area (Å²) in [6.45, 7) is 11.2. The van der Waals surface area contributed by atoms with E-state index in [0.29, 0.717) is 19.0 Å². The van der Waals surface area contributed by atoms with E-state index >= 15 is 0 Å². The lowest BCUT2D eigenvalue weighted by atomic mass is 9.95. The van der Waals surface area contributed by atoms with Crippen molar-refractivity contribution < 1.29 is 19.4 Å². The zero-order valence-corrected chi connectivity index (χ0v) is 27.0. The van der Waals surface area contributed by atoms with Crippen LogP contribution in [0.2, 0.25) is 0 Å². The number of nitrogens with zero attached hydrogens (tertiary/aromatic N) is 4. The van der Waals surface area contributed by atoms with E-state index in [1.165, 1.54) is 0 Å². The summed E-state index contributed by atoms with van der Waals surface area (Å²) in [4.78, 5) is 25.6. The van der Waals surface area contributed by atoms with Crippen molar-refractivity contribution in [2.45, 2.75) is 58.5 Å². The summed E-state index contributed by atoms with van der Waals surface area (Å²) < 4.78 is 11.7. The molecule has 46 heavy (non-hydrogen) atoms. The van der Waals surface area contributed by atoms with Crippen LogP contribution in [0.25, 0.3) is 22.0 Å². The van der Waals surface area contributed by atoms with Crippen molar-refractivity contribution in [3.05, 3.63) is 77.6 Å². The Hall–Kier alpha value is -4.05.